The molecule has 0 radical (unpaired) electrons. The van der Waals surface area contributed by atoms with E-state index in [1.807, 2.05) is 0 Å². The maximum Gasteiger partial charge on any atom is 0.0396 e. The molecule has 90 valence electrons. The van der Waals surface area contributed by atoms with Gasteiger partial charge in [-0.3, -0.25) is 0 Å². The Morgan fingerprint density at radius 2 is 1.69 bits per heavy atom. The molecular weight excluding hydrogens is 196 g/mol. The summed E-state index contributed by atoms with van der Waals surface area (Å²) in [5.41, 5.74) is 5.46. The van der Waals surface area contributed by atoms with Crippen LogP contribution in [0.5, 0.6) is 0 Å². The van der Waals surface area contributed by atoms with Crippen molar-refractivity contribution in [1.29, 1.82) is 0 Å². The van der Waals surface area contributed by atoms with E-state index < -0.39 is 0 Å². The molecule has 1 N–H and O–H groups in total. The van der Waals surface area contributed by atoms with Gasteiger partial charge in [-0.15, -0.1) is 0 Å². The van der Waals surface area contributed by atoms with Gasteiger partial charge in [0.05, 0.1) is 0 Å². The van der Waals surface area contributed by atoms with Crippen molar-refractivity contribution < 1.29 is 0 Å². The van der Waals surface area contributed by atoms with E-state index in [9.17, 15) is 0 Å². The summed E-state index contributed by atoms with van der Waals surface area (Å²) in [6.07, 6.45) is 0. The number of rotatable bonds is 5. The molecule has 16 heavy (non-hydrogen) atoms. The minimum Gasteiger partial charge on any atom is -0.373 e. The van der Waals surface area contributed by atoms with Gasteiger partial charge in [-0.1, -0.05) is 13.0 Å². The third-order valence-corrected chi connectivity index (χ3v) is 3.10. The molecule has 0 aliphatic carbocycles. The summed E-state index contributed by atoms with van der Waals surface area (Å²) >= 11 is 0. The molecule has 0 aliphatic heterocycles. The third kappa shape index (κ3) is 3.24. The zero-order chi connectivity index (χ0) is 12.1. The standard InChI is InChI=1S/C14H24N2/c1-6-15-7-8-16(5)14-10-12(3)11(2)9-13(14)4/h9-10,15H,6-8H2,1-5H3. The quantitative estimate of drug-likeness (QED) is 0.767. The summed E-state index contributed by atoms with van der Waals surface area (Å²) in [5, 5.41) is 3.35. The highest BCUT2D eigenvalue weighted by Gasteiger charge is 2.06. The lowest BCUT2D eigenvalue weighted by atomic mass is 10.0. The predicted octanol–water partition coefficient (Wildman–Crippen LogP) is 2.66. The average Bonchev–Trinajstić information content (AvgIpc) is 2.23. The molecule has 1 rings (SSSR count). The van der Waals surface area contributed by atoms with Gasteiger partial charge in [0, 0.05) is 25.8 Å². The Morgan fingerprint density at radius 1 is 1.06 bits per heavy atom. The van der Waals surface area contributed by atoms with E-state index in [0.717, 1.165) is 19.6 Å². The largest absolute Gasteiger partial charge is 0.373 e. The first kappa shape index (κ1) is 13.0. The molecule has 0 spiro atoms. The molecule has 2 nitrogen and oxygen atoms in total. The molecule has 0 saturated carbocycles. The van der Waals surface area contributed by atoms with Crippen molar-refractivity contribution in [1.82, 2.24) is 5.32 Å². The zero-order valence-electron chi connectivity index (χ0n) is 11.2. The molecule has 0 aromatic heterocycles. The third-order valence-electron chi connectivity index (χ3n) is 3.10. The van der Waals surface area contributed by atoms with E-state index in [1.165, 1.54) is 22.4 Å². The van der Waals surface area contributed by atoms with Crippen LogP contribution in [0.3, 0.4) is 0 Å². The number of aryl methyl sites for hydroxylation is 3. The van der Waals surface area contributed by atoms with Crippen LogP contribution in [0.15, 0.2) is 12.1 Å². The number of likely N-dealkylation sites (N-methyl/N-ethyl adjacent to an activating group) is 2. The van der Waals surface area contributed by atoms with Crippen LogP contribution in [0.4, 0.5) is 5.69 Å². The summed E-state index contributed by atoms with van der Waals surface area (Å²) in [5.74, 6) is 0. The topological polar surface area (TPSA) is 15.3 Å². The normalized spacial score (nSPS) is 10.6. The van der Waals surface area contributed by atoms with Crippen molar-refractivity contribution in [3.63, 3.8) is 0 Å². The Hall–Kier alpha value is -1.02. The van der Waals surface area contributed by atoms with E-state index >= 15 is 0 Å². The maximum atomic E-state index is 3.35. The van der Waals surface area contributed by atoms with Crippen LogP contribution in [-0.4, -0.2) is 26.7 Å². The van der Waals surface area contributed by atoms with Gasteiger partial charge in [-0.25, -0.2) is 0 Å². The predicted molar refractivity (Wildman–Crippen MR) is 72.5 cm³/mol. The van der Waals surface area contributed by atoms with E-state index in [1.54, 1.807) is 0 Å². The summed E-state index contributed by atoms with van der Waals surface area (Å²) in [7, 11) is 2.16. The Labute approximate surface area is 99.7 Å². The van der Waals surface area contributed by atoms with Crippen LogP contribution in [0, 0.1) is 20.8 Å². The second kappa shape index (κ2) is 5.90. The number of anilines is 1. The van der Waals surface area contributed by atoms with Gasteiger partial charge >= 0.3 is 0 Å². The van der Waals surface area contributed by atoms with Crippen LogP contribution in [0.25, 0.3) is 0 Å². The Balaban J connectivity index is 2.75. The van der Waals surface area contributed by atoms with Crippen LogP contribution in [0.1, 0.15) is 23.6 Å². The fraction of sp³-hybridized carbons (Fsp3) is 0.571. The molecule has 1 aromatic carbocycles. The monoisotopic (exact) mass is 220 g/mol. The first-order valence-electron chi connectivity index (χ1n) is 6.06. The average molecular weight is 220 g/mol. The van der Waals surface area contributed by atoms with Crippen molar-refractivity contribution in [2.45, 2.75) is 27.7 Å². The highest BCUT2D eigenvalue weighted by molar-refractivity contribution is 5.56. The maximum absolute atomic E-state index is 3.35. The zero-order valence-corrected chi connectivity index (χ0v) is 11.2. The number of hydrogen-bond donors (Lipinski definition) is 1. The van der Waals surface area contributed by atoms with Crippen molar-refractivity contribution in [3.8, 4) is 0 Å². The molecule has 2 heteroatoms. The second-order valence-electron chi connectivity index (χ2n) is 4.50. The first-order valence-corrected chi connectivity index (χ1v) is 6.06. The molecule has 0 bridgehead atoms. The Kier molecular flexibility index (Phi) is 4.81. The number of benzene rings is 1. The minimum absolute atomic E-state index is 1.04. The smallest absolute Gasteiger partial charge is 0.0396 e. The Morgan fingerprint density at radius 3 is 2.31 bits per heavy atom. The molecule has 0 unspecified atom stereocenters. The van der Waals surface area contributed by atoms with E-state index in [-0.39, 0.29) is 0 Å². The molecule has 0 fully saturated rings. The van der Waals surface area contributed by atoms with Crippen LogP contribution in [0.2, 0.25) is 0 Å². The molecule has 0 saturated heterocycles. The lowest BCUT2D eigenvalue weighted by molar-refractivity contribution is 0.705. The molecule has 0 atom stereocenters. The second-order valence-corrected chi connectivity index (χ2v) is 4.50. The number of nitrogens with one attached hydrogen (secondary N) is 1. The van der Waals surface area contributed by atoms with E-state index in [2.05, 4.69) is 57.1 Å². The highest BCUT2D eigenvalue weighted by Crippen LogP contribution is 2.22. The fourth-order valence-electron chi connectivity index (χ4n) is 1.90. The van der Waals surface area contributed by atoms with Gasteiger partial charge in [0.1, 0.15) is 0 Å². The highest BCUT2D eigenvalue weighted by atomic mass is 15.1. The van der Waals surface area contributed by atoms with Crippen molar-refractivity contribution in [2.24, 2.45) is 0 Å². The fourth-order valence-corrected chi connectivity index (χ4v) is 1.90. The van der Waals surface area contributed by atoms with Crippen molar-refractivity contribution in [3.05, 3.63) is 28.8 Å². The van der Waals surface area contributed by atoms with Gasteiger partial charge in [-0.05, 0) is 50.1 Å². The van der Waals surface area contributed by atoms with Crippen LogP contribution >= 0.6 is 0 Å². The summed E-state index contributed by atoms with van der Waals surface area (Å²) in [4.78, 5) is 2.32. The van der Waals surface area contributed by atoms with Crippen molar-refractivity contribution >= 4 is 5.69 Å². The Bertz CT molecular complexity index is 345. The van der Waals surface area contributed by atoms with Gasteiger partial charge in [0.2, 0.25) is 0 Å². The van der Waals surface area contributed by atoms with Gasteiger partial charge < -0.3 is 10.2 Å². The van der Waals surface area contributed by atoms with Gasteiger partial charge in [-0.2, -0.15) is 0 Å². The lowest BCUT2D eigenvalue weighted by Crippen LogP contribution is -2.29. The molecule has 0 heterocycles. The number of hydrogen-bond acceptors (Lipinski definition) is 2. The SMILES string of the molecule is CCNCCN(C)c1cc(C)c(C)cc1C. The lowest BCUT2D eigenvalue weighted by Gasteiger charge is -2.22. The number of nitrogens with zero attached hydrogens (tertiary/aromatic N) is 1. The molecule has 1 aromatic rings. The van der Waals surface area contributed by atoms with E-state index in [0.29, 0.717) is 0 Å². The van der Waals surface area contributed by atoms with Crippen LogP contribution < -0.4 is 10.2 Å². The minimum atomic E-state index is 1.04. The summed E-state index contributed by atoms with van der Waals surface area (Å²) in [6.45, 7) is 11.8. The van der Waals surface area contributed by atoms with E-state index in [4.69, 9.17) is 0 Å². The molecule has 0 amide bonds. The first-order chi connectivity index (χ1) is 7.56. The summed E-state index contributed by atoms with van der Waals surface area (Å²) < 4.78 is 0. The van der Waals surface area contributed by atoms with Crippen molar-refractivity contribution in [2.75, 3.05) is 31.6 Å². The summed E-state index contributed by atoms with van der Waals surface area (Å²) in [6, 6.07) is 4.56. The van der Waals surface area contributed by atoms with Crippen LogP contribution in [-0.2, 0) is 0 Å². The van der Waals surface area contributed by atoms with Gasteiger partial charge in [0.15, 0.2) is 0 Å². The van der Waals surface area contributed by atoms with Gasteiger partial charge in [0.25, 0.3) is 0 Å². The molecular formula is C14H24N2. The molecule has 0 aliphatic rings.